The Bertz CT molecular complexity index is 335. The van der Waals surface area contributed by atoms with Crippen molar-refractivity contribution in [2.75, 3.05) is 0 Å². The second kappa shape index (κ2) is 4.56. The van der Waals surface area contributed by atoms with Gasteiger partial charge in [-0.25, -0.2) is 5.48 Å². The van der Waals surface area contributed by atoms with Gasteiger partial charge < -0.3 is 0 Å². The molecule has 1 aromatic heterocycles. The van der Waals surface area contributed by atoms with Gasteiger partial charge in [0.25, 0.3) is 5.91 Å². The molecule has 1 amide bonds. The van der Waals surface area contributed by atoms with Crippen LogP contribution in [-0.2, 0) is 11.9 Å². The monoisotopic (exact) mass is 261 g/mol. The van der Waals surface area contributed by atoms with E-state index in [1.54, 1.807) is 13.1 Å². The maximum atomic E-state index is 11.5. The lowest BCUT2D eigenvalue weighted by Crippen LogP contribution is -2.28. The zero-order chi connectivity index (χ0) is 10.7. The molecule has 5 nitrogen and oxygen atoms in total. The summed E-state index contributed by atoms with van der Waals surface area (Å²) >= 11 is 3.18. The molecular formula is C8H12BrN3O2. The van der Waals surface area contributed by atoms with E-state index in [-0.39, 0.29) is 12.0 Å². The van der Waals surface area contributed by atoms with Crippen LogP contribution in [0.2, 0.25) is 0 Å². The number of aromatic nitrogens is 2. The van der Waals surface area contributed by atoms with E-state index >= 15 is 0 Å². The van der Waals surface area contributed by atoms with Crippen molar-refractivity contribution < 1.29 is 9.63 Å². The Morgan fingerprint density at radius 1 is 1.71 bits per heavy atom. The van der Waals surface area contributed by atoms with Crippen LogP contribution >= 0.6 is 15.9 Å². The van der Waals surface area contributed by atoms with Gasteiger partial charge in [-0.2, -0.15) is 5.10 Å². The van der Waals surface area contributed by atoms with Gasteiger partial charge in [0.1, 0.15) is 10.3 Å². The number of rotatable bonds is 3. The molecule has 1 heterocycles. The van der Waals surface area contributed by atoms with E-state index in [4.69, 9.17) is 4.84 Å². The van der Waals surface area contributed by atoms with Crippen LogP contribution in [-0.4, -0.2) is 21.8 Å². The Morgan fingerprint density at radius 2 is 2.36 bits per heavy atom. The molecule has 78 valence electrons. The molecule has 1 rings (SSSR count). The van der Waals surface area contributed by atoms with Gasteiger partial charge in [0.2, 0.25) is 0 Å². The number of carbonyl (C=O) groups is 1. The van der Waals surface area contributed by atoms with Crippen LogP contribution in [0.15, 0.2) is 10.7 Å². The third-order valence-electron chi connectivity index (χ3n) is 1.47. The molecule has 0 bridgehead atoms. The average Bonchev–Trinajstić information content (AvgIpc) is 2.41. The fourth-order valence-corrected chi connectivity index (χ4v) is 1.32. The highest BCUT2D eigenvalue weighted by atomic mass is 79.9. The van der Waals surface area contributed by atoms with Crippen LogP contribution in [0.3, 0.4) is 0 Å². The molecule has 0 radical (unpaired) electrons. The van der Waals surface area contributed by atoms with Gasteiger partial charge in [0.15, 0.2) is 0 Å². The molecule has 0 aliphatic heterocycles. The molecule has 0 unspecified atom stereocenters. The molecular weight excluding hydrogens is 250 g/mol. The topological polar surface area (TPSA) is 56.1 Å². The number of hydrogen-bond acceptors (Lipinski definition) is 3. The van der Waals surface area contributed by atoms with E-state index in [0.717, 1.165) is 0 Å². The highest BCUT2D eigenvalue weighted by Crippen LogP contribution is 2.09. The Labute approximate surface area is 90.5 Å². The number of nitrogens with zero attached hydrogens (tertiary/aromatic N) is 2. The maximum Gasteiger partial charge on any atom is 0.293 e. The van der Waals surface area contributed by atoms with Crippen molar-refractivity contribution in [1.82, 2.24) is 15.3 Å². The minimum atomic E-state index is -0.306. The van der Waals surface area contributed by atoms with Crippen molar-refractivity contribution in [3.8, 4) is 0 Å². The number of aryl methyl sites for hydroxylation is 1. The average molecular weight is 262 g/mol. The normalized spacial score (nSPS) is 10.6. The zero-order valence-corrected chi connectivity index (χ0v) is 9.83. The van der Waals surface area contributed by atoms with E-state index in [1.807, 2.05) is 13.8 Å². The molecule has 0 saturated carbocycles. The first-order valence-electron chi connectivity index (χ1n) is 4.16. The predicted octanol–water partition coefficient (Wildman–Crippen LogP) is 1.25. The van der Waals surface area contributed by atoms with Crippen molar-refractivity contribution in [3.05, 3.63) is 16.4 Å². The molecule has 1 aromatic rings. The smallest absolute Gasteiger partial charge is 0.271 e. The van der Waals surface area contributed by atoms with Crippen molar-refractivity contribution >= 4 is 21.8 Å². The van der Waals surface area contributed by atoms with Gasteiger partial charge in [-0.1, -0.05) is 0 Å². The van der Waals surface area contributed by atoms with Gasteiger partial charge >= 0.3 is 0 Å². The predicted molar refractivity (Wildman–Crippen MR) is 54.6 cm³/mol. The maximum absolute atomic E-state index is 11.5. The molecule has 0 saturated heterocycles. The third-order valence-corrected chi connectivity index (χ3v) is 1.86. The van der Waals surface area contributed by atoms with Gasteiger partial charge in [-0.05, 0) is 29.8 Å². The Hall–Kier alpha value is -0.880. The number of hydrogen-bond donors (Lipinski definition) is 1. The minimum Gasteiger partial charge on any atom is -0.271 e. The molecule has 0 fully saturated rings. The summed E-state index contributed by atoms with van der Waals surface area (Å²) < 4.78 is 2.10. The highest BCUT2D eigenvalue weighted by Gasteiger charge is 2.12. The molecule has 0 aliphatic carbocycles. The second-order valence-corrected chi connectivity index (χ2v) is 3.89. The summed E-state index contributed by atoms with van der Waals surface area (Å²) in [5, 5.41) is 3.98. The summed E-state index contributed by atoms with van der Waals surface area (Å²) in [5.74, 6) is -0.306. The van der Waals surface area contributed by atoms with Crippen LogP contribution in [0.5, 0.6) is 0 Å². The van der Waals surface area contributed by atoms with Crippen LogP contribution < -0.4 is 5.48 Å². The van der Waals surface area contributed by atoms with E-state index in [9.17, 15) is 4.79 Å². The number of nitrogens with one attached hydrogen (secondary N) is 1. The standard InChI is InChI=1S/C8H12BrN3O2/c1-5(2)14-11-8(13)6-4-7(9)10-12(6)3/h4-5H,1-3H3,(H,11,13). The molecule has 6 heteroatoms. The van der Waals surface area contributed by atoms with Gasteiger partial charge in [0, 0.05) is 13.1 Å². The SMILES string of the molecule is CC(C)ONC(=O)c1cc(Br)nn1C. The van der Waals surface area contributed by atoms with Crippen molar-refractivity contribution in [2.24, 2.45) is 7.05 Å². The van der Waals surface area contributed by atoms with Crippen LogP contribution in [0.4, 0.5) is 0 Å². The number of hydroxylamine groups is 1. The van der Waals surface area contributed by atoms with Crippen LogP contribution in [0.1, 0.15) is 24.3 Å². The molecule has 1 N–H and O–H groups in total. The van der Waals surface area contributed by atoms with Crippen LogP contribution in [0, 0.1) is 0 Å². The fraction of sp³-hybridized carbons (Fsp3) is 0.500. The van der Waals surface area contributed by atoms with E-state index < -0.39 is 0 Å². The van der Waals surface area contributed by atoms with E-state index in [2.05, 4.69) is 26.5 Å². The lowest BCUT2D eigenvalue weighted by molar-refractivity contribution is -0.000409. The molecule has 0 atom stereocenters. The Kier molecular flexibility index (Phi) is 3.65. The number of halogens is 1. The first-order chi connectivity index (χ1) is 6.50. The summed E-state index contributed by atoms with van der Waals surface area (Å²) in [6.07, 6.45) is -0.0457. The van der Waals surface area contributed by atoms with Crippen LogP contribution in [0.25, 0.3) is 0 Å². The largest absolute Gasteiger partial charge is 0.293 e. The Balaban J connectivity index is 2.65. The molecule has 0 spiro atoms. The summed E-state index contributed by atoms with van der Waals surface area (Å²) in [5.41, 5.74) is 2.77. The fourth-order valence-electron chi connectivity index (χ4n) is 0.868. The molecule has 0 aliphatic rings. The first-order valence-corrected chi connectivity index (χ1v) is 4.95. The van der Waals surface area contributed by atoms with Crippen molar-refractivity contribution in [3.63, 3.8) is 0 Å². The lowest BCUT2D eigenvalue weighted by Gasteiger charge is -2.07. The summed E-state index contributed by atoms with van der Waals surface area (Å²) in [6, 6.07) is 1.62. The zero-order valence-electron chi connectivity index (χ0n) is 8.24. The third kappa shape index (κ3) is 2.81. The van der Waals surface area contributed by atoms with E-state index in [1.165, 1.54) is 4.68 Å². The Morgan fingerprint density at radius 3 is 2.79 bits per heavy atom. The van der Waals surface area contributed by atoms with Crippen molar-refractivity contribution in [1.29, 1.82) is 0 Å². The molecule has 0 aromatic carbocycles. The van der Waals surface area contributed by atoms with Crippen molar-refractivity contribution in [2.45, 2.75) is 20.0 Å². The summed E-state index contributed by atoms with van der Waals surface area (Å²) in [6.45, 7) is 3.67. The molecule has 14 heavy (non-hydrogen) atoms. The van der Waals surface area contributed by atoms with Gasteiger partial charge in [0.05, 0.1) is 6.10 Å². The lowest BCUT2D eigenvalue weighted by atomic mass is 10.4. The van der Waals surface area contributed by atoms with Gasteiger partial charge in [-0.15, -0.1) is 0 Å². The quantitative estimate of drug-likeness (QED) is 0.834. The highest BCUT2D eigenvalue weighted by molar-refractivity contribution is 9.10. The number of amides is 1. The summed E-state index contributed by atoms with van der Waals surface area (Å²) in [4.78, 5) is 16.4. The number of carbonyl (C=O) groups excluding carboxylic acids is 1. The van der Waals surface area contributed by atoms with E-state index in [0.29, 0.717) is 10.3 Å². The first kappa shape index (κ1) is 11.2. The second-order valence-electron chi connectivity index (χ2n) is 3.07. The van der Waals surface area contributed by atoms with Gasteiger partial charge in [-0.3, -0.25) is 14.3 Å². The minimum absolute atomic E-state index is 0.0457. The summed E-state index contributed by atoms with van der Waals surface area (Å²) in [7, 11) is 1.69.